The van der Waals surface area contributed by atoms with E-state index in [1.165, 1.54) is 0 Å². The maximum Gasteiger partial charge on any atom is 0.103 e. The molecule has 0 unspecified atom stereocenters. The Balaban J connectivity index is 1.54. The number of aliphatic hydroxyl groups is 1. The van der Waals surface area contributed by atoms with Crippen LogP contribution in [0.1, 0.15) is 23.1 Å². The summed E-state index contributed by atoms with van der Waals surface area (Å²) in [6.45, 7) is 6.13. The van der Waals surface area contributed by atoms with Gasteiger partial charge in [0.1, 0.15) is 12.2 Å². The summed E-state index contributed by atoms with van der Waals surface area (Å²) >= 11 is 0. The highest BCUT2D eigenvalue weighted by atomic mass is 16.5. The van der Waals surface area contributed by atoms with Crippen LogP contribution in [-0.4, -0.2) is 47.4 Å². The Kier molecular flexibility index (Phi) is 9.44. The Morgan fingerprint density at radius 3 is 2.06 bits per heavy atom. The molecule has 1 N–H and O–H groups in total. The van der Waals surface area contributed by atoms with Crippen molar-refractivity contribution in [3.63, 3.8) is 0 Å². The third-order valence-corrected chi connectivity index (χ3v) is 6.44. The fraction of sp³-hybridized carbons (Fsp3) is 0.290. The molecule has 1 saturated heterocycles. The van der Waals surface area contributed by atoms with Crippen LogP contribution in [0.25, 0.3) is 6.08 Å². The van der Waals surface area contributed by atoms with Gasteiger partial charge in [-0.15, -0.1) is 6.58 Å². The number of benzene rings is 3. The zero-order chi connectivity index (χ0) is 24.3. The van der Waals surface area contributed by atoms with Crippen molar-refractivity contribution < 1.29 is 14.6 Å². The minimum atomic E-state index is -0.672. The van der Waals surface area contributed by atoms with Gasteiger partial charge in [0, 0.05) is 6.54 Å². The van der Waals surface area contributed by atoms with E-state index in [9.17, 15) is 5.11 Å². The third kappa shape index (κ3) is 7.00. The van der Waals surface area contributed by atoms with Gasteiger partial charge in [-0.3, -0.25) is 4.90 Å². The molecule has 182 valence electrons. The predicted molar refractivity (Wildman–Crippen MR) is 142 cm³/mol. The fourth-order valence-corrected chi connectivity index (χ4v) is 4.62. The highest BCUT2D eigenvalue weighted by Gasteiger charge is 2.47. The first kappa shape index (κ1) is 25.1. The van der Waals surface area contributed by atoms with E-state index in [-0.39, 0.29) is 18.2 Å². The zero-order valence-electron chi connectivity index (χ0n) is 20.2. The summed E-state index contributed by atoms with van der Waals surface area (Å²) < 4.78 is 12.6. The Morgan fingerprint density at radius 1 is 0.829 bits per heavy atom. The molecule has 0 radical (unpaired) electrons. The van der Waals surface area contributed by atoms with Crippen LogP contribution in [0.2, 0.25) is 0 Å². The SMILES string of the molecule is C=CCCN1[C@H](/C=C/c2ccccc2)[C@@H](O)[C@@H](OCc2ccccc2)[C@H]1COCc1ccccc1. The van der Waals surface area contributed by atoms with Crippen LogP contribution in [0.3, 0.4) is 0 Å². The molecular formula is C31H35NO3. The first-order chi connectivity index (χ1) is 17.3. The first-order valence-electron chi connectivity index (χ1n) is 12.3. The summed E-state index contributed by atoms with van der Waals surface area (Å²) in [5.41, 5.74) is 3.32. The molecule has 3 aromatic rings. The van der Waals surface area contributed by atoms with E-state index in [2.05, 4.69) is 47.9 Å². The third-order valence-electron chi connectivity index (χ3n) is 6.44. The lowest BCUT2D eigenvalue weighted by Gasteiger charge is -2.29. The van der Waals surface area contributed by atoms with Gasteiger partial charge in [0.15, 0.2) is 0 Å². The number of aliphatic hydroxyl groups excluding tert-OH is 1. The Bertz CT molecular complexity index is 1040. The molecule has 1 aliphatic rings. The van der Waals surface area contributed by atoms with E-state index >= 15 is 0 Å². The van der Waals surface area contributed by atoms with Crippen molar-refractivity contribution >= 4 is 6.08 Å². The smallest absolute Gasteiger partial charge is 0.103 e. The molecule has 1 aliphatic heterocycles. The quantitative estimate of drug-likeness (QED) is 0.356. The van der Waals surface area contributed by atoms with E-state index in [1.54, 1.807) is 0 Å². The number of hydrogen-bond acceptors (Lipinski definition) is 4. The monoisotopic (exact) mass is 469 g/mol. The first-order valence-corrected chi connectivity index (χ1v) is 12.3. The van der Waals surface area contributed by atoms with Gasteiger partial charge in [0.2, 0.25) is 0 Å². The highest BCUT2D eigenvalue weighted by molar-refractivity contribution is 5.50. The molecule has 4 nitrogen and oxygen atoms in total. The van der Waals surface area contributed by atoms with Crippen molar-refractivity contribution in [2.24, 2.45) is 0 Å². The summed E-state index contributed by atoms with van der Waals surface area (Å²) in [5, 5.41) is 11.5. The highest BCUT2D eigenvalue weighted by Crippen LogP contribution is 2.31. The van der Waals surface area contributed by atoms with Crippen molar-refractivity contribution in [1.82, 2.24) is 4.90 Å². The van der Waals surface area contributed by atoms with Gasteiger partial charge in [0.25, 0.3) is 0 Å². The maximum absolute atomic E-state index is 11.5. The van der Waals surface area contributed by atoms with Crippen LogP contribution in [0.5, 0.6) is 0 Å². The van der Waals surface area contributed by atoms with Crippen LogP contribution >= 0.6 is 0 Å². The van der Waals surface area contributed by atoms with Crippen LogP contribution in [0.4, 0.5) is 0 Å². The van der Waals surface area contributed by atoms with E-state index < -0.39 is 6.10 Å². The van der Waals surface area contributed by atoms with Crippen molar-refractivity contribution in [2.75, 3.05) is 13.2 Å². The Morgan fingerprint density at radius 2 is 1.43 bits per heavy atom. The van der Waals surface area contributed by atoms with E-state index in [1.807, 2.05) is 72.8 Å². The van der Waals surface area contributed by atoms with Gasteiger partial charge < -0.3 is 14.6 Å². The fourth-order valence-electron chi connectivity index (χ4n) is 4.62. The average molecular weight is 470 g/mol. The van der Waals surface area contributed by atoms with Crippen molar-refractivity contribution in [3.05, 3.63) is 126 Å². The second-order valence-electron chi connectivity index (χ2n) is 8.90. The van der Waals surface area contributed by atoms with E-state index in [0.29, 0.717) is 19.8 Å². The van der Waals surface area contributed by atoms with Gasteiger partial charge in [-0.25, -0.2) is 0 Å². The molecule has 0 amide bonds. The standard InChI is InChI=1S/C31H35NO3/c1-2-3-21-32-28(20-19-25-13-7-4-8-14-25)30(33)31(35-23-27-17-11-6-12-18-27)29(32)24-34-22-26-15-9-5-10-16-26/h2,4-20,28-31,33H,1,3,21-24H2/b20-19+/t28-,29-,30-,31+/m1/s1. The van der Waals surface area contributed by atoms with Gasteiger partial charge in [0.05, 0.1) is 31.9 Å². The van der Waals surface area contributed by atoms with Gasteiger partial charge >= 0.3 is 0 Å². The molecule has 1 heterocycles. The lowest BCUT2D eigenvalue weighted by molar-refractivity contribution is -0.0562. The Labute approximate surface area is 209 Å². The lowest BCUT2D eigenvalue weighted by Crippen LogP contribution is -2.42. The largest absolute Gasteiger partial charge is 0.388 e. The minimum absolute atomic E-state index is 0.0807. The summed E-state index contributed by atoms with van der Waals surface area (Å²) in [6, 6.07) is 30.2. The van der Waals surface area contributed by atoms with Crippen molar-refractivity contribution in [2.45, 2.75) is 43.9 Å². The summed E-state index contributed by atoms with van der Waals surface area (Å²) in [6.07, 6.45) is 5.87. The van der Waals surface area contributed by atoms with Crippen molar-refractivity contribution in [1.29, 1.82) is 0 Å². The molecule has 3 aromatic carbocycles. The average Bonchev–Trinajstić information content (AvgIpc) is 3.16. The number of hydrogen-bond donors (Lipinski definition) is 1. The van der Waals surface area contributed by atoms with Crippen molar-refractivity contribution in [3.8, 4) is 0 Å². The molecule has 0 saturated carbocycles. The van der Waals surface area contributed by atoms with E-state index in [4.69, 9.17) is 9.47 Å². The molecule has 4 atom stereocenters. The molecule has 4 rings (SSSR count). The molecular weight excluding hydrogens is 434 g/mol. The lowest BCUT2D eigenvalue weighted by atomic mass is 10.1. The predicted octanol–water partition coefficient (Wildman–Crippen LogP) is 5.49. The number of rotatable bonds is 12. The molecule has 0 aliphatic carbocycles. The summed E-state index contributed by atoms with van der Waals surface area (Å²) in [4.78, 5) is 2.31. The molecule has 4 heteroatoms. The van der Waals surface area contributed by atoms with Gasteiger partial charge in [-0.05, 0) is 23.1 Å². The number of nitrogens with zero attached hydrogens (tertiary/aromatic N) is 1. The zero-order valence-corrected chi connectivity index (χ0v) is 20.2. The molecule has 1 fully saturated rings. The van der Waals surface area contributed by atoms with Crippen LogP contribution in [0, 0.1) is 0 Å². The van der Waals surface area contributed by atoms with Gasteiger partial charge in [-0.1, -0.05) is 109 Å². The summed E-state index contributed by atoms with van der Waals surface area (Å²) in [7, 11) is 0. The van der Waals surface area contributed by atoms with E-state index in [0.717, 1.165) is 29.7 Å². The summed E-state index contributed by atoms with van der Waals surface area (Å²) in [5.74, 6) is 0. The second kappa shape index (κ2) is 13.2. The van der Waals surface area contributed by atoms with Crippen LogP contribution in [0.15, 0.2) is 110 Å². The molecule has 0 bridgehead atoms. The Hall–Kier alpha value is -3.02. The number of ether oxygens (including phenoxy) is 2. The van der Waals surface area contributed by atoms with Crippen LogP contribution < -0.4 is 0 Å². The second-order valence-corrected chi connectivity index (χ2v) is 8.90. The number of likely N-dealkylation sites (tertiary alicyclic amines) is 1. The van der Waals surface area contributed by atoms with Gasteiger partial charge in [-0.2, -0.15) is 0 Å². The molecule has 0 aromatic heterocycles. The maximum atomic E-state index is 11.5. The normalized spacial score (nSPS) is 22.5. The van der Waals surface area contributed by atoms with Crippen LogP contribution in [-0.2, 0) is 22.7 Å². The molecule has 0 spiro atoms. The topological polar surface area (TPSA) is 41.9 Å². The molecule has 35 heavy (non-hydrogen) atoms. The minimum Gasteiger partial charge on any atom is -0.388 e.